The van der Waals surface area contributed by atoms with Crippen LogP contribution < -0.4 is 0 Å². The van der Waals surface area contributed by atoms with Crippen LogP contribution in [0, 0.1) is 0 Å². The summed E-state index contributed by atoms with van der Waals surface area (Å²) in [6, 6.07) is 0. The molecule has 0 saturated heterocycles. The molecule has 9 heavy (non-hydrogen) atoms. The van der Waals surface area contributed by atoms with Gasteiger partial charge in [-0.25, -0.2) is 8.15 Å². The van der Waals surface area contributed by atoms with Crippen LogP contribution in [-0.2, 0) is 18.6 Å². The smallest absolute Gasteiger partial charge is 0.248 e. The van der Waals surface area contributed by atoms with Gasteiger partial charge in [0, 0.05) is 9.47 Å². The number of hydrogen-bond acceptors (Lipinski definition) is 4. The largest absolute Gasteiger partial charge is 0.402 e. The molecule has 0 aliphatic rings. The van der Waals surface area contributed by atoms with E-state index in [9.17, 15) is 8.42 Å². The van der Waals surface area contributed by atoms with E-state index < -0.39 is 10.4 Å². The van der Waals surface area contributed by atoms with Crippen LogP contribution in [0.1, 0.15) is 13.3 Å². The van der Waals surface area contributed by atoms with Gasteiger partial charge in [-0.1, -0.05) is 6.92 Å². The second-order valence-corrected chi connectivity index (χ2v) is 3.15. The van der Waals surface area contributed by atoms with Crippen molar-refractivity contribution in [1.29, 1.82) is 0 Å². The maximum Gasteiger partial charge on any atom is 0.402 e. The predicted octanol–water partition coefficient (Wildman–Crippen LogP) is 0.464. The fraction of sp³-hybridized carbons (Fsp3) is 1.00. The Hall–Kier alpha value is 0.300. The molecule has 0 aromatic rings. The minimum absolute atomic E-state index is 0.163. The van der Waals surface area contributed by atoms with E-state index in [0.29, 0.717) is 6.42 Å². The van der Waals surface area contributed by atoms with Crippen LogP contribution in [0.4, 0.5) is 0 Å². The maximum absolute atomic E-state index is 10.3. The maximum atomic E-state index is 10.3. The topological polar surface area (TPSA) is 52.6 Å². The van der Waals surface area contributed by atoms with Crippen molar-refractivity contribution >= 4 is 19.9 Å². The van der Waals surface area contributed by atoms with E-state index in [1.54, 1.807) is 16.4 Å². The molecule has 0 aliphatic carbocycles. The Morgan fingerprint density at radius 2 is 2.11 bits per heavy atom. The minimum Gasteiger partial charge on any atom is -0.248 e. The zero-order chi connectivity index (χ0) is 7.33. The van der Waals surface area contributed by atoms with Crippen molar-refractivity contribution in [2.75, 3.05) is 6.61 Å². The lowest BCUT2D eigenvalue weighted by Crippen LogP contribution is -2.04. The summed E-state index contributed by atoms with van der Waals surface area (Å²) in [6.07, 6.45) is 0.646. The van der Waals surface area contributed by atoms with Crippen molar-refractivity contribution in [1.82, 2.24) is 0 Å². The van der Waals surface area contributed by atoms with E-state index in [-0.39, 0.29) is 6.61 Å². The van der Waals surface area contributed by atoms with Crippen LogP contribution >= 0.6 is 9.47 Å². The van der Waals surface area contributed by atoms with Crippen LogP contribution in [0.25, 0.3) is 0 Å². The Morgan fingerprint density at radius 3 is 2.44 bits per heavy atom. The molecule has 0 bridgehead atoms. The van der Waals surface area contributed by atoms with Gasteiger partial charge in [0.15, 0.2) is 0 Å². The quantitative estimate of drug-likeness (QED) is 0.578. The lowest BCUT2D eigenvalue weighted by Gasteiger charge is -1.97. The molecule has 56 valence electrons. The third-order valence-corrected chi connectivity index (χ3v) is 1.95. The second-order valence-electron chi connectivity index (χ2n) is 1.33. The molecular weight excluding hydrogens is 163 g/mol. The van der Waals surface area contributed by atoms with Crippen molar-refractivity contribution < 1.29 is 16.6 Å². The molecular formula is C3H9O4PS. The summed E-state index contributed by atoms with van der Waals surface area (Å²) >= 11 is 0. The highest BCUT2D eigenvalue weighted by Gasteiger charge is 2.05. The van der Waals surface area contributed by atoms with E-state index in [4.69, 9.17) is 0 Å². The lowest BCUT2D eigenvalue weighted by atomic mass is 10.5. The van der Waals surface area contributed by atoms with Crippen molar-refractivity contribution in [2.45, 2.75) is 13.3 Å². The van der Waals surface area contributed by atoms with Crippen molar-refractivity contribution in [3.05, 3.63) is 0 Å². The number of rotatable bonds is 4. The molecule has 0 N–H and O–H groups in total. The molecule has 0 spiro atoms. The molecule has 1 atom stereocenters. The molecule has 0 heterocycles. The molecule has 0 rings (SSSR count). The summed E-state index contributed by atoms with van der Waals surface area (Å²) in [7, 11) is -2.11. The van der Waals surface area contributed by atoms with E-state index in [2.05, 4.69) is 8.15 Å². The third kappa shape index (κ3) is 4.78. The SMILES string of the molecule is CCCOS(=O)(=O)OP. The zero-order valence-corrected chi connectivity index (χ0v) is 7.00. The van der Waals surface area contributed by atoms with Gasteiger partial charge in [-0.05, 0) is 6.42 Å². The van der Waals surface area contributed by atoms with Gasteiger partial charge in [0.2, 0.25) is 0 Å². The van der Waals surface area contributed by atoms with Gasteiger partial charge in [-0.2, -0.15) is 8.42 Å². The molecule has 6 heteroatoms. The van der Waals surface area contributed by atoms with Crippen LogP contribution in [0.3, 0.4) is 0 Å². The highest BCUT2D eigenvalue weighted by molar-refractivity contribution is 7.84. The molecule has 0 amide bonds. The van der Waals surface area contributed by atoms with Crippen LogP contribution in [0.5, 0.6) is 0 Å². The second kappa shape index (κ2) is 4.17. The first-order chi connectivity index (χ1) is 4.12. The van der Waals surface area contributed by atoms with Crippen molar-refractivity contribution in [2.24, 2.45) is 0 Å². The third-order valence-electron chi connectivity index (χ3n) is 0.550. The molecule has 0 aliphatic heterocycles. The lowest BCUT2D eigenvalue weighted by molar-refractivity contribution is 0.281. The van der Waals surface area contributed by atoms with Crippen molar-refractivity contribution in [3.63, 3.8) is 0 Å². The van der Waals surface area contributed by atoms with E-state index in [0.717, 1.165) is 0 Å². The Bertz CT molecular complexity index is 151. The van der Waals surface area contributed by atoms with Gasteiger partial charge in [0.05, 0.1) is 6.61 Å². The van der Waals surface area contributed by atoms with E-state index in [1.165, 1.54) is 0 Å². The first-order valence-electron chi connectivity index (χ1n) is 2.40. The van der Waals surface area contributed by atoms with Gasteiger partial charge < -0.3 is 0 Å². The van der Waals surface area contributed by atoms with Gasteiger partial charge in [0.1, 0.15) is 0 Å². The fourth-order valence-corrected chi connectivity index (χ4v) is 0.806. The Labute approximate surface area is 57.2 Å². The van der Waals surface area contributed by atoms with Crippen molar-refractivity contribution in [3.8, 4) is 0 Å². The summed E-state index contributed by atoms with van der Waals surface area (Å²) in [6.45, 7) is 1.97. The van der Waals surface area contributed by atoms with Gasteiger partial charge in [-0.3, -0.25) is 0 Å². The summed E-state index contributed by atoms with van der Waals surface area (Å²) in [5, 5.41) is 0. The Morgan fingerprint density at radius 1 is 1.56 bits per heavy atom. The van der Waals surface area contributed by atoms with E-state index >= 15 is 0 Å². The molecule has 4 nitrogen and oxygen atoms in total. The molecule has 0 saturated carbocycles. The minimum atomic E-state index is -3.72. The zero-order valence-electron chi connectivity index (χ0n) is 5.03. The summed E-state index contributed by atoms with van der Waals surface area (Å²) < 4.78 is 28.7. The van der Waals surface area contributed by atoms with Gasteiger partial charge >= 0.3 is 10.4 Å². The van der Waals surface area contributed by atoms with Gasteiger partial charge in [-0.15, -0.1) is 0 Å². The highest BCUT2D eigenvalue weighted by atomic mass is 32.3. The molecule has 0 radical (unpaired) electrons. The average molecular weight is 172 g/mol. The van der Waals surface area contributed by atoms with Gasteiger partial charge in [0.25, 0.3) is 0 Å². The van der Waals surface area contributed by atoms with Crippen LogP contribution in [0.15, 0.2) is 0 Å². The van der Waals surface area contributed by atoms with E-state index in [1.807, 2.05) is 0 Å². The molecule has 0 aromatic heterocycles. The summed E-state index contributed by atoms with van der Waals surface area (Å²) in [5.41, 5.74) is 0. The van der Waals surface area contributed by atoms with Crippen LogP contribution in [0.2, 0.25) is 0 Å². The predicted molar refractivity (Wildman–Crippen MR) is 36.0 cm³/mol. The standard InChI is InChI=1S/C3H9O4PS/c1-2-3-6-9(4,5)7-8/h2-3,8H2,1H3. The molecule has 0 aromatic carbocycles. The molecule has 0 fully saturated rings. The molecule has 1 unspecified atom stereocenters. The Kier molecular flexibility index (Phi) is 4.31. The normalized spacial score (nSPS) is 11.8. The first-order valence-corrected chi connectivity index (χ1v) is 4.20. The fourth-order valence-electron chi connectivity index (χ4n) is 0.213. The highest BCUT2D eigenvalue weighted by Crippen LogP contribution is 2.00. The number of hydrogen-bond donors (Lipinski definition) is 0. The van der Waals surface area contributed by atoms with Crippen LogP contribution in [-0.4, -0.2) is 15.0 Å². The summed E-state index contributed by atoms with van der Waals surface area (Å²) in [5.74, 6) is 0. The first kappa shape index (κ1) is 9.30. The summed E-state index contributed by atoms with van der Waals surface area (Å²) in [4.78, 5) is 0. The Balaban J connectivity index is 3.61. The monoisotopic (exact) mass is 172 g/mol. The average Bonchev–Trinajstić information content (AvgIpc) is 1.84.